The van der Waals surface area contributed by atoms with Crippen molar-refractivity contribution in [1.29, 1.82) is 0 Å². The average Bonchev–Trinajstić information content (AvgIpc) is 3.16. The Kier molecular flexibility index (Phi) is 6.90. The number of benzene rings is 2. The highest BCUT2D eigenvalue weighted by Gasteiger charge is 2.31. The topological polar surface area (TPSA) is 83.8 Å². The first-order chi connectivity index (χ1) is 15.9. The molecule has 33 heavy (non-hydrogen) atoms. The molecule has 2 aromatic carbocycles. The highest BCUT2D eigenvalue weighted by Crippen LogP contribution is 2.22. The average molecular weight is 471 g/mol. The minimum atomic E-state index is -3.31. The number of hydrogen-bond donors (Lipinski definition) is 1. The van der Waals surface area contributed by atoms with Gasteiger partial charge in [0, 0.05) is 42.3 Å². The molecule has 0 spiro atoms. The molecule has 1 aromatic heterocycles. The van der Waals surface area contributed by atoms with Crippen molar-refractivity contribution in [2.45, 2.75) is 26.3 Å². The maximum absolute atomic E-state index is 13.6. The summed E-state index contributed by atoms with van der Waals surface area (Å²) in [6, 6.07) is 14.3. The third kappa shape index (κ3) is 5.31. The first-order valence-electron chi connectivity index (χ1n) is 11.0. The minimum Gasteiger partial charge on any atom is -0.342 e. The lowest BCUT2D eigenvalue weighted by molar-refractivity contribution is -0.126. The number of aromatic nitrogens is 1. The van der Waals surface area contributed by atoms with Crippen molar-refractivity contribution in [3.8, 4) is 0 Å². The lowest BCUT2D eigenvalue weighted by atomic mass is 9.99. The molecule has 3 aromatic rings. The summed E-state index contributed by atoms with van der Waals surface area (Å²) in [4.78, 5) is 12.6. The molecule has 1 aliphatic rings. The molecule has 1 fully saturated rings. The van der Waals surface area contributed by atoms with E-state index in [1.54, 1.807) is 19.2 Å². The molecule has 0 radical (unpaired) electrons. The summed E-state index contributed by atoms with van der Waals surface area (Å²) in [6.45, 7) is 2.74. The third-order valence-corrected chi connectivity index (χ3v) is 7.80. The molecule has 1 unspecified atom stereocenters. The first-order valence-corrected chi connectivity index (χ1v) is 12.6. The number of para-hydroxylation sites is 1. The summed E-state index contributed by atoms with van der Waals surface area (Å²) in [7, 11) is -3.31. The van der Waals surface area contributed by atoms with Crippen molar-refractivity contribution >= 4 is 33.0 Å². The van der Waals surface area contributed by atoms with E-state index in [1.807, 2.05) is 41.1 Å². The van der Waals surface area contributed by atoms with Gasteiger partial charge in [-0.25, -0.2) is 22.5 Å². The van der Waals surface area contributed by atoms with E-state index >= 15 is 0 Å². The normalized spacial score (nSPS) is 17.6. The number of hydrogen-bond acceptors (Lipinski definition) is 4. The van der Waals surface area contributed by atoms with Crippen LogP contribution in [0.3, 0.4) is 0 Å². The van der Waals surface area contributed by atoms with Crippen molar-refractivity contribution in [2.75, 3.05) is 18.8 Å². The summed E-state index contributed by atoms with van der Waals surface area (Å²) >= 11 is 0. The zero-order chi connectivity index (χ0) is 23.4. The van der Waals surface area contributed by atoms with Crippen LogP contribution in [0.5, 0.6) is 0 Å². The van der Waals surface area contributed by atoms with E-state index in [1.165, 1.54) is 16.4 Å². The first kappa shape index (κ1) is 23.1. The molecule has 7 nitrogen and oxygen atoms in total. The van der Waals surface area contributed by atoms with Gasteiger partial charge >= 0.3 is 0 Å². The fourth-order valence-corrected chi connectivity index (χ4v) is 5.37. The number of sulfonamides is 1. The smallest absolute Gasteiger partial charge is 0.244 e. The van der Waals surface area contributed by atoms with Crippen LogP contribution >= 0.6 is 0 Å². The molecule has 4 rings (SSSR count). The summed E-state index contributed by atoms with van der Waals surface area (Å²) in [5.41, 5.74) is 5.21. The van der Waals surface area contributed by atoms with Crippen molar-refractivity contribution in [1.82, 2.24) is 14.3 Å². The fourth-order valence-electron chi connectivity index (χ4n) is 4.19. The maximum atomic E-state index is 13.6. The summed E-state index contributed by atoms with van der Waals surface area (Å²) in [5.74, 6) is -0.960. The van der Waals surface area contributed by atoms with E-state index in [2.05, 4.69) is 10.5 Å². The Morgan fingerprint density at radius 3 is 2.85 bits per heavy atom. The summed E-state index contributed by atoms with van der Waals surface area (Å²) in [5, 5.41) is 5.11. The predicted molar refractivity (Wildman–Crippen MR) is 127 cm³/mol. The van der Waals surface area contributed by atoms with Crippen LogP contribution in [0.15, 0.2) is 59.8 Å². The highest BCUT2D eigenvalue weighted by molar-refractivity contribution is 7.89. The molecule has 1 amide bonds. The van der Waals surface area contributed by atoms with Crippen LogP contribution < -0.4 is 5.43 Å². The van der Waals surface area contributed by atoms with Crippen LogP contribution in [0, 0.1) is 11.7 Å². The molecule has 0 aliphatic carbocycles. The standard InChI is InChI=1S/C24H27FN4O3S/c1-2-33(31,32)29-12-6-8-19(17-29)24(30)27-26-14-20-16-28(23-11-4-3-10-22(20)23)15-18-7-5-9-21(25)13-18/h3-5,7,9-11,13-14,16,19H,2,6,8,12,15,17H2,1H3,(H,27,30). The van der Waals surface area contributed by atoms with E-state index in [4.69, 9.17) is 0 Å². The van der Waals surface area contributed by atoms with E-state index < -0.39 is 15.9 Å². The largest absolute Gasteiger partial charge is 0.342 e. The number of rotatable bonds is 7. The van der Waals surface area contributed by atoms with Crippen molar-refractivity contribution in [2.24, 2.45) is 11.0 Å². The van der Waals surface area contributed by atoms with Gasteiger partial charge in [0.05, 0.1) is 17.9 Å². The molecule has 1 atom stereocenters. The molecule has 1 saturated heterocycles. The molecule has 1 aliphatic heterocycles. The predicted octanol–water partition coefficient (Wildman–Crippen LogP) is 3.34. The number of carbonyl (C=O) groups excluding carboxylic acids is 1. The molecule has 2 heterocycles. The second-order valence-electron chi connectivity index (χ2n) is 8.19. The number of nitrogens with zero attached hydrogens (tertiary/aromatic N) is 3. The van der Waals surface area contributed by atoms with E-state index in [9.17, 15) is 17.6 Å². The fraction of sp³-hybridized carbons (Fsp3) is 0.333. The highest BCUT2D eigenvalue weighted by atomic mass is 32.2. The van der Waals surface area contributed by atoms with Gasteiger partial charge in [-0.3, -0.25) is 4.79 Å². The number of piperidine rings is 1. The van der Waals surface area contributed by atoms with Crippen LogP contribution in [0.4, 0.5) is 4.39 Å². The third-order valence-electron chi connectivity index (χ3n) is 5.95. The Balaban J connectivity index is 1.47. The van der Waals surface area contributed by atoms with E-state index in [-0.39, 0.29) is 24.0 Å². The van der Waals surface area contributed by atoms with Gasteiger partial charge in [-0.05, 0) is 43.5 Å². The van der Waals surface area contributed by atoms with Gasteiger partial charge in [0.15, 0.2) is 0 Å². The van der Waals surface area contributed by atoms with Gasteiger partial charge in [0.2, 0.25) is 15.9 Å². The zero-order valence-electron chi connectivity index (χ0n) is 18.4. The number of halogens is 1. The Hall–Kier alpha value is -3.04. The number of nitrogens with one attached hydrogen (secondary N) is 1. The monoisotopic (exact) mass is 470 g/mol. The minimum absolute atomic E-state index is 0.0270. The molecule has 1 N–H and O–H groups in total. The van der Waals surface area contributed by atoms with E-state index in [0.29, 0.717) is 25.9 Å². The van der Waals surface area contributed by atoms with Crippen LogP contribution in [0.2, 0.25) is 0 Å². The van der Waals surface area contributed by atoms with Crippen LogP contribution in [-0.2, 0) is 21.4 Å². The Morgan fingerprint density at radius 2 is 2.06 bits per heavy atom. The Morgan fingerprint density at radius 1 is 1.24 bits per heavy atom. The lowest BCUT2D eigenvalue weighted by Gasteiger charge is -2.30. The molecule has 174 valence electrons. The second-order valence-corrected chi connectivity index (χ2v) is 10.4. The Labute approximate surface area is 192 Å². The van der Waals surface area contributed by atoms with E-state index in [0.717, 1.165) is 22.0 Å². The van der Waals surface area contributed by atoms with Crippen LogP contribution in [-0.4, -0.2) is 48.3 Å². The zero-order valence-corrected chi connectivity index (χ0v) is 19.3. The molecular weight excluding hydrogens is 443 g/mol. The quantitative estimate of drug-likeness (QED) is 0.425. The Bertz CT molecular complexity index is 1290. The van der Waals surface area contributed by atoms with Gasteiger partial charge < -0.3 is 4.57 Å². The van der Waals surface area contributed by atoms with Crippen molar-refractivity contribution in [3.63, 3.8) is 0 Å². The number of hydrazone groups is 1. The number of amides is 1. The number of carbonyl (C=O) groups is 1. The SMILES string of the molecule is CCS(=O)(=O)N1CCCC(C(=O)NN=Cc2cn(Cc3cccc(F)c3)c3ccccc23)C1. The molecule has 0 bridgehead atoms. The van der Waals surface area contributed by atoms with Crippen LogP contribution in [0.25, 0.3) is 10.9 Å². The lowest BCUT2D eigenvalue weighted by Crippen LogP contribution is -2.45. The molecular formula is C24H27FN4O3S. The summed E-state index contributed by atoms with van der Waals surface area (Å²) < 4.78 is 41.3. The second kappa shape index (κ2) is 9.84. The molecule has 0 saturated carbocycles. The van der Waals surface area contributed by atoms with Gasteiger partial charge in [-0.2, -0.15) is 5.10 Å². The van der Waals surface area contributed by atoms with Gasteiger partial charge in [-0.15, -0.1) is 0 Å². The van der Waals surface area contributed by atoms with Gasteiger partial charge in [0.25, 0.3) is 0 Å². The number of fused-ring (bicyclic) bond motifs is 1. The van der Waals surface area contributed by atoms with Gasteiger partial charge in [0.1, 0.15) is 5.82 Å². The maximum Gasteiger partial charge on any atom is 0.244 e. The van der Waals surface area contributed by atoms with Crippen LogP contribution in [0.1, 0.15) is 30.9 Å². The van der Waals surface area contributed by atoms with Gasteiger partial charge in [-0.1, -0.05) is 30.3 Å². The molecule has 9 heteroatoms. The van der Waals surface area contributed by atoms with Crippen molar-refractivity contribution < 1.29 is 17.6 Å². The summed E-state index contributed by atoms with van der Waals surface area (Å²) in [6.07, 6.45) is 4.78. The van der Waals surface area contributed by atoms with Crippen molar-refractivity contribution in [3.05, 3.63) is 71.7 Å².